The van der Waals surface area contributed by atoms with Gasteiger partial charge in [0.1, 0.15) is 5.57 Å². The van der Waals surface area contributed by atoms with Crippen LogP contribution in [0, 0.1) is 0 Å². The number of para-hydroxylation sites is 1. The average molecular weight is 643 g/mol. The molecule has 1 fully saturated rings. The Kier molecular flexibility index (Phi) is 8.59. The maximum Gasteiger partial charge on any atom is 0.335 e. The second kappa shape index (κ2) is 12.1. The third-order valence-corrected chi connectivity index (χ3v) is 6.35. The molecule has 0 radical (unpaired) electrons. The number of nitrogens with zero attached hydrogens (tertiary/aromatic N) is 1. The Morgan fingerprint density at radius 1 is 1.00 bits per heavy atom. The van der Waals surface area contributed by atoms with Crippen molar-refractivity contribution in [2.45, 2.75) is 6.92 Å². The monoisotopic (exact) mass is 641 g/mol. The van der Waals surface area contributed by atoms with Gasteiger partial charge in [-0.2, -0.15) is 0 Å². The van der Waals surface area contributed by atoms with Crippen LogP contribution in [0.3, 0.4) is 0 Å². The van der Waals surface area contributed by atoms with Gasteiger partial charge in [-0.1, -0.05) is 34.1 Å². The largest absolute Gasteiger partial charge is 0.490 e. The van der Waals surface area contributed by atoms with Gasteiger partial charge >= 0.3 is 6.03 Å². The quantitative estimate of drug-likeness (QED) is 0.255. The Labute approximate surface area is 235 Å². The number of hydrogen-bond donors (Lipinski definition) is 2. The molecule has 5 amide bonds. The Bertz CT molecular complexity index is 1420. The van der Waals surface area contributed by atoms with E-state index >= 15 is 0 Å². The van der Waals surface area contributed by atoms with Crippen molar-refractivity contribution in [1.82, 2.24) is 5.32 Å². The highest BCUT2D eigenvalue weighted by atomic mass is 79.9. The van der Waals surface area contributed by atoms with Crippen molar-refractivity contribution in [3.63, 3.8) is 0 Å². The highest BCUT2D eigenvalue weighted by molar-refractivity contribution is 9.10. The van der Waals surface area contributed by atoms with E-state index in [1.165, 1.54) is 6.08 Å². The molecule has 3 aromatic rings. The predicted octanol–water partition coefficient (Wildman–Crippen LogP) is 5.29. The summed E-state index contributed by atoms with van der Waals surface area (Å²) in [6, 6.07) is 17.8. The maximum absolute atomic E-state index is 13.2. The summed E-state index contributed by atoms with van der Waals surface area (Å²) >= 11 is 6.74. The highest BCUT2D eigenvalue weighted by Crippen LogP contribution is 2.38. The van der Waals surface area contributed by atoms with Crippen LogP contribution < -0.4 is 25.0 Å². The van der Waals surface area contributed by atoms with E-state index in [1.54, 1.807) is 67.6 Å². The fourth-order valence-corrected chi connectivity index (χ4v) is 4.42. The summed E-state index contributed by atoms with van der Waals surface area (Å²) < 4.78 is 12.6. The summed E-state index contributed by atoms with van der Waals surface area (Å²) in [6.45, 7) is 1.80. The molecular formula is C27H21Br2N3O6. The van der Waals surface area contributed by atoms with Crippen LogP contribution in [-0.2, 0) is 14.4 Å². The third-order valence-electron chi connectivity index (χ3n) is 5.23. The molecule has 1 heterocycles. The summed E-state index contributed by atoms with van der Waals surface area (Å²) in [7, 11) is 0. The molecule has 194 valence electrons. The van der Waals surface area contributed by atoms with Crippen LogP contribution in [0.1, 0.15) is 12.5 Å². The maximum atomic E-state index is 13.2. The van der Waals surface area contributed by atoms with E-state index in [4.69, 9.17) is 9.47 Å². The van der Waals surface area contributed by atoms with Crippen molar-refractivity contribution in [3.05, 3.63) is 86.8 Å². The number of nitrogens with one attached hydrogen (secondary N) is 2. The Morgan fingerprint density at radius 2 is 1.71 bits per heavy atom. The van der Waals surface area contributed by atoms with Gasteiger partial charge in [0.25, 0.3) is 17.7 Å². The molecule has 0 unspecified atom stereocenters. The smallest absolute Gasteiger partial charge is 0.335 e. The third kappa shape index (κ3) is 6.29. The minimum Gasteiger partial charge on any atom is -0.490 e. The molecular weight excluding hydrogens is 622 g/mol. The first-order valence-corrected chi connectivity index (χ1v) is 13.0. The lowest BCUT2D eigenvalue weighted by molar-refractivity contribution is -0.122. The molecule has 4 rings (SSSR count). The van der Waals surface area contributed by atoms with Crippen molar-refractivity contribution in [1.29, 1.82) is 0 Å². The molecule has 0 spiro atoms. The number of amides is 5. The van der Waals surface area contributed by atoms with Crippen molar-refractivity contribution >= 4 is 73.1 Å². The molecule has 0 bridgehead atoms. The Hall–Kier alpha value is -3.96. The minimum atomic E-state index is -0.840. The van der Waals surface area contributed by atoms with Crippen molar-refractivity contribution in [2.75, 3.05) is 23.4 Å². The average Bonchev–Trinajstić information content (AvgIpc) is 2.88. The summed E-state index contributed by atoms with van der Waals surface area (Å²) in [5.41, 5.74) is 1.14. The first-order valence-electron chi connectivity index (χ1n) is 11.4. The molecule has 0 saturated carbocycles. The number of barbiturate groups is 1. The Balaban J connectivity index is 1.58. The zero-order chi connectivity index (χ0) is 27.2. The number of rotatable bonds is 8. The van der Waals surface area contributed by atoms with Crippen molar-refractivity contribution < 1.29 is 28.7 Å². The lowest BCUT2D eigenvalue weighted by Gasteiger charge is -2.26. The number of hydrogen-bond acceptors (Lipinski definition) is 6. The number of benzene rings is 3. The number of carbonyl (C=O) groups is 4. The molecule has 0 aliphatic carbocycles. The zero-order valence-electron chi connectivity index (χ0n) is 20.0. The van der Waals surface area contributed by atoms with E-state index in [-0.39, 0.29) is 23.8 Å². The molecule has 1 saturated heterocycles. The van der Waals surface area contributed by atoms with Gasteiger partial charge in [0.2, 0.25) is 0 Å². The van der Waals surface area contributed by atoms with E-state index < -0.39 is 17.8 Å². The fourth-order valence-electron chi connectivity index (χ4n) is 3.58. The lowest BCUT2D eigenvalue weighted by atomic mass is 10.1. The molecule has 0 atom stereocenters. The SMILES string of the molecule is CCOc1cc(/C=C2\C(=O)NC(=O)N(c3ccc(Br)cc3)C2=O)cc(Br)c1OCC(=O)Nc1ccccc1. The van der Waals surface area contributed by atoms with Gasteiger partial charge in [0, 0.05) is 10.2 Å². The van der Waals surface area contributed by atoms with E-state index in [0.29, 0.717) is 33.8 Å². The topological polar surface area (TPSA) is 114 Å². The normalized spacial score (nSPS) is 14.3. The van der Waals surface area contributed by atoms with E-state index in [1.807, 2.05) is 6.07 Å². The first-order chi connectivity index (χ1) is 18.3. The Morgan fingerprint density at radius 3 is 2.39 bits per heavy atom. The van der Waals surface area contributed by atoms with E-state index in [9.17, 15) is 19.2 Å². The van der Waals surface area contributed by atoms with Crippen LogP contribution in [0.4, 0.5) is 16.2 Å². The highest BCUT2D eigenvalue weighted by Gasteiger charge is 2.36. The summed E-state index contributed by atoms with van der Waals surface area (Å²) in [5.74, 6) is -1.37. The number of anilines is 2. The first kappa shape index (κ1) is 27.1. The van der Waals surface area contributed by atoms with E-state index in [2.05, 4.69) is 42.5 Å². The second-order valence-corrected chi connectivity index (χ2v) is 9.67. The summed E-state index contributed by atoms with van der Waals surface area (Å²) in [6.07, 6.45) is 1.36. The van der Waals surface area contributed by atoms with Crippen LogP contribution in [0.15, 0.2) is 81.2 Å². The number of urea groups is 1. The molecule has 1 aliphatic rings. The molecule has 3 aromatic carbocycles. The zero-order valence-corrected chi connectivity index (χ0v) is 23.2. The standard InChI is InChI=1S/C27H21Br2N3O6/c1-2-37-22-14-16(13-21(29)24(22)38-15-23(33)30-18-6-4-3-5-7-18)12-20-25(34)31-27(36)32(26(20)35)19-10-8-17(28)9-11-19/h3-14H,2,15H2,1H3,(H,30,33)(H,31,34,36)/b20-12+. The van der Waals surface area contributed by atoms with Gasteiger partial charge in [-0.25, -0.2) is 9.69 Å². The van der Waals surface area contributed by atoms with Gasteiger partial charge in [-0.15, -0.1) is 0 Å². The molecule has 0 aromatic heterocycles. The van der Waals surface area contributed by atoms with Crippen LogP contribution >= 0.6 is 31.9 Å². The summed E-state index contributed by atoms with van der Waals surface area (Å²) in [4.78, 5) is 51.4. The van der Waals surface area contributed by atoms with Gasteiger partial charge in [-0.3, -0.25) is 19.7 Å². The van der Waals surface area contributed by atoms with Crippen molar-refractivity contribution in [2.24, 2.45) is 0 Å². The minimum absolute atomic E-state index is 0.238. The van der Waals surface area contributed by atoms with Crippen LogP contribution in [0.5, 0.6) is 11.5 Å². The molecule has 2 N–H and O–H groups in total. The summed E-state index contributed by atoms with van der Waals surface area (Å²) in [5, 5.41) is 4.93. The van der Waals surface area contributed by atoms with Crippen LogP contribution in [0.2, 0.25) is 0 Å². The fraction of sp³-hybridized carbons (Fsp3) is 0.111. The number of halogens is 2. The number of imide groups is 2. The van der Waals surface area contributed by atoms with Crippen LogP contribution in [-0.4, -0.2) is 37.0 Å². The van der Waals surface area contributed by atoms with Gasteiger partial charge in [0.05, 0.1) is 16.8 Å². The van der Waals surface area contributed by atoms with Gasteiger partial charge in [0.15, 0.2) is 18.1 Å². The van der Waals surface area contributed by atoms with Crippen LogP contribution in [0.25, 0.3) is 6.08 Å². The molecule has 9 nitrogen and oxygen atoms in total. The molecule has 11 heteroatoms. The number of carbonyl (C=O) groups excluding carboxylic acids is 4. The van der Waals surface area contributed by atoms with E-state index in [0.717, 1.165) is 9.37 Å². The molecule has 38 heavy (non-hydrogen) atoms. The lowest BCUT2D eigenvalue weighted by Crippen LogP contribution is -2.54. The predicted molar refractivity (Wildman–Crippen MR) is 149 cm³/mol. The molecule has 1 aliphatic heterocycles. The number of ether oxygens (including phenoxy) is 2. The van der Waals surface area contributed by atoms with Crippen molar-refractivity contribution in [3.8, 4) is 11.5 Å². The van der Waals surface area contributed by atoms with Gasteiger partial charge < -0.3 is 14.8 Å². The second-order valence-electron chi connectivity index (χ2n) is 7.90. The van der Waals surface area contributed by atoms with Gasteiger partial charge in [-0.05, 0) is 83.0 Å².